The van der Waals surface area contributed by atoms with Gasteiger partial charge >= 0.3 is 0 Å². The zero-order valence-electron chi connectivity index (χ0n) is 13.5. The Morgan fingerprint density at radius 2 is 2.00 bits per heavy atom. The third kappa shape index (κ3) is 4.72. The van der Waals surface area contributed by atoms with Crippen molar-refractivity contribution in [2.24, 2.45) is 0 Å². The van der Waals surface area contributed by atoms with E-state index in [-0.39, 0.29) is 11.9 Å². The molecule has 2 N–H and O–H groups in total. The fourth-order valence-electron chi connectivity index (χ4n) is 2.54. The van der Waals surface area contributed by atoms with Crippen molar-refractivity contribution in [2.45, 2.75) is 32.7 Å². The van der Waals surface area contributed by atoms with Crippen LogP contribution in [0.4, 0.5) is 5.69 Å². The number of allylic oxidation sites excluding steroid dienone is 1. The second kappa shape index (κ2) is 7.04. The quantitative estimate of drug-likeness (QED) is 0.863. The number of benzene rings is 1. The van der Waals surface area contributed by atoms with Gasteiger partial charge in [-0.2, -0.15) is 0 Å². The van der Waals surface area contributed by atoms with E-state index in [0.717, 1.165) is 12.7 Å². The van der Waals surface area contributed by atoms with E-state index in [1.54, 1.807) is 31.2 Å². The lowest BCUT2D eigenvalue weighted by Crippen LogP contribution is -2.30. The van der Waals surface area contributed by atoms with Crippen LogP contribution in [0.2, 0.25) is 0 Å². The molecule has 0 bridgehead atoms. The van der Waals surface area contributed by atoms with Gasteiger partial charge in [-0.25, -0.2) is 8.42 Å². The number of carbonyl (C=O) groups excluding carboxylic acids is 1. The Hall–Kier alpha value is -2.02. The number of nitrogens with one attached hydrogen (secondary N) is 2. The molecule has 0 saturated heterocycles. The van der Waals surface area contributed by atoms with E-state index in [2.05, 4.69) is 10.0 Å². The van der Waals surface area contributed by atoms with Gasteiger partial charge < -0.3 is 10.1 Å². The SMILES string of the molecule is CC1=C(C(=O)N[C@H](C)c2ccccc2NS(C)(=O)=O)CCCO1. The summed E-state index contributed by atoms with van der Waals surface area (Å²) in [5, 5.41) is 2.91. The Labute approximate surface area is 137 Å². The molecule has 0 radical (unpaired) electrons. The molecule has 0 spiro atoms. The van der Waals surface area contributed by atoms with Gasteiger partial charge in [0.1, 0.15) is 5.76 Å². The Balaban J connectivity index is 2.18. The molecule has 0 aliphatic carbocycles. The first-order valence-corrected chi connectivity index (χ1v) is 9.37. The molecule has 126 valence electrons. The number of carbonyl (C=O) groups is 1. The lowest BCUT2D eigenvalue weighted by Gasteiger charge is -2.22. The standard InChI is InChI=1S/C16H22N2O4S/c1-11(17-16(19)14-8-6-10-22-12(14)2)13-7-4-5-9-15(13)18-23(3,20)21/h4-5,7,9,11,18H,6,8,10H2,1-3H3,(H,17,19)/t11-/m1/s1. The molecule has 1 heterocycles. The molecule has 2 rings (SSSR count). The maximum absolute atomic E-state index is 12.4. The van der Waals surface area contributed by atoms with Crippen LogP contribution in [0, 0.1) is 0 Å². The molecule has 7 heteroatoms. The highest BCUT2D eigenvalue weighted by Crippen LogP contribution is 2.25. The summed E-state index contributed by atoms with van der Waals surface area (Å²) in [7, 11) is -3.38. The number of para-hydroxylation sites is 1. The highest BCUT2D eigenvalue weighted by molar-refractivity contribution is 7.92. The molecule has 1 aliphatic heterocycles. The molecule has 0 fully saturated rings. The van der Waals surface area contributed by atoms with Crippen molar-refractivity contribution in [3.05, 3.63) is 41.2 Å². The lowest BCUT2D eigenvalue weighted by molar-refractivity contribution is -0.118. The van der Waals surface area contributed by atoms with E-state index < -0.39 is 10.0 Å². The molecule has 1 aliphatic rings. The van der Waals surface area contributed by atoms with Crippen molar-refractivity contribution >= 4 is 21.6 Å². The second-order valence-electron chi connectivity index (χ2n) is 5.64. The summed E-state index contributed by atoms with van der Waals surface area (Å²) in [5.74, 6) is 0.479. The Morgan fingerprint density at radius 3 is 2.65 bits per heavy atom. The first-order chi connectivity index (χ1) is 10.8. The minimum atomic E-state index is -3.38. The average Bonchev–Trinajstić information content (AvgIpc) is 2.46. The van der Waals surface area contributed by atoms with Gasteiger partial charge in [0.2, 0.25) is 10.0 Å². The van der Waals surface area contributed by atoms with E-state index in [1.165, 1.54) is 0 Å². The molecular formula is C16H22N2O4S. The molecule has 0 unspecified atom stereocenters. The summed E-state index contributed by atoms with van der Waals surface area (Å²) in [5.41, 5.74) is 1.83. The van der Waals surface area contributed by atoms with E-state index in [1.807, 2.05) is 6.92 Å². The number of hydrogen-bond acceptors (Lipinski definition) is 4. The van der Waals surface area contributed by atoms with Gasteiger partial charge in [0.15, 0.2) is 0 Å². The predicted octanol–water partition coefficient (Wildman–Crippen LogP) is 2.32. The molecule has 1 atom stereocenters. The van der Waals surface area contributed by atoms with Crippen LogP contribution in [-0.2, 0) is 19.6 Å². The fraction of sp³-hybridized carbons (Fsp3) is 0.438. The molecule has 6 nitrogen and oxygen atoms in total. The first kappa shape index (κ1) is 17.3. The minimum absolute atomic E-state index is 0.177. The molecule has 1 aromatic rings. The molecule has 0 saturated carbocycles. The van der Waals surface area contributed by atoms with Gasteiger partial charge in [-0.05, 0) is 38.3 Å². The minimum Gasteiger partial charge on any atom is -0.498 e. The first-order valence-electron chi connectivity index (χ1n) is 7.48. The van der Waals surface area contributed by atoms with Gasteiger partial charge in [0.25, 0.3) is 5.91 Å². The third-order valence-electron chi connectivity index (χ3n) is 3.66. The van der Waals surface area contributed by atoms with Gasteiger partial charge in [-0.15, -0.1) is 0 Å². The highest BCUT2D eigenvalue weighted by Gasteiger charge is 2.21. The van der Waals surface area contributed by atoms with Crippen LogP contribution >= 0.6 is 0 Å². The second-order valence-corrected chi connectivity index (χ2v) is 7.39. The van der Waals surface area contributed by atoms with Crippen LogP contribution in [0.1, 0.15) is 38.3 Å². The highest BCUT2D eigenvalue weighted by atomic mass is 32.2. The normalized spacial score (nSPS) is 16.5. The fourth-order valence-corrected chi connectivity index (χ4v) is 3.12. The molecule has 0 aromatic heterocycles. The summed E-state index contributed by atoms with van der Waals surface area (Å²) in [6, 6.07) is 6.67. The van der Waals surface area contributed by atoms with Gasteiger partial charge in [0, 0.05) is 0 Å². The van der Waals surface area contributed by atoms with Crippen molar-refractivity contribution in [2.75, 3.05) is 17.6 Å². The van der Waals surface area contributed by atoms with E-state index >= 15 is 0 Å². The van der Waals surface area contributed by atoms with Crippen molar-refractivity contribution in [1.82, 2.24) is 5.32 Å². The van der Waals surface area contributed by atoms with Crippen molar-refractivity contribution in [3.63, 3.8) is 0 Å². The van der Waals surface area contributed by atoms with Gasteiger partial charge in [-0.3, -0.25) is 9.52 Å². The van der Waals surface area contributed by atoms with E-state index in [0.29, 0.717) is 35.6 Å². The summed E-state index contributed by atoms with van der Waals surface area (Å²) in [4.78, 5) is 12.4. The van der Waals surface area contributed by atoms with Crippen LogP contribution in [0.25, 0.3) is 0 Å². The number of anilines is 1. The Bertz CT molecular complexity index is 725. The summed E-state index contributed by atoms with van der Waals surface area (Å²) >= 11 is 0. The summed E-state index contributed by atoms with van der Waals surface area (Å²) in [6.07, 6.45) is 2.61. The predicted molar refractivity (Wildman–Crippen MR) is 89.4 cm³/mol. The van der Waals surface area contributed by atoms with Crippen molar-refractivity contribution in [3.8, 4) is 0 Å². The van der Waals surface area contributed by atoms with E-state index in [4.69, 9.17) is 4.74 Å². The zero-order chi connectivity index (χ0) is 17.0. The zero-order valence-corrected chi connectivity index (χ0v) is 14.4. The lowest BCUT2D eigenvalue weighted by atomic mass is 10.0. The van der Waals surface area contributed by atoms with Crippen LogP contribution < -0.4 is 10.0 Å². The maximum Gasteiger partial charge on any atom is 0.251 e. The smallest absolute Gasteiger partial charge is 0.251 e. The largest absolute Gasteiger partial charge is 0.498 e. The summed E-state index contributed by atoms with van der Waals surface area (Å²) < 4.78 is 30.8. The number of sulfonamides is 1. The van der Waals surface area contributed by atoms with Crippen LogP contribution in [0.5, 0.6) is 0 Å². The van der Waals surface area contributed by atoms with Crippen LogP contribution in [-0.4, -0.2) is 27.2 Å². The third-order valence-corrected chi connectivity index (χ3v) is 4.25. The van der Waals surface area contributed by atoms with Crippen molar-refractivity contribution < 1.29 is 17.9 Å². The summed E-state index contributed by atoms with van der Waals surface area (Å²) in [6.45, 7) is 4.25. The Morgan fingerprint density at radius 1 is 1.30 bits per heavy atom. The molecular weight excluding hydrogens is 316 g/mol. The number of amides is 1. The topological polar surface area (TPSA) is 84.5 Å². The van der Waals surface area contributed by atoms with E-state index in [9.17, 15) is 13.2 Å². The molecule has 1 aromatic carbocycles. The van der Waals surface area contributed by atoms with Gasteiger partial charge in [-0.1, -0.05) is 18.2 Å². The monoisotopic (exact) mass is 338 g/mol. The number of hydrogen-bond donors (Lipinski definition) is 2. The van der Waals surface area contributed by atoms with Crippen LogP contribution in [0.3, 0.4) is 0 Å². The van der Waals surface area contributed by atoms with Crippen LogP contribution in [0.15, 0.2) is 35.6 Å². The molecule has 23 heavy (non-hydrogen) atoms. The number of ether oxygens (including phenoxy) is 1. The van der Waals surface area contributed by atoms with Crippen molar-refractivity contribution in [1.29, 1.82) is 0 Å². The molecule has 1 amide bonds. The van der Waals surface area contributed by atoms with Gasteiger partial charge in [0.05, 0.1) is 30.2 Å². The number of rotatable bonds is 5. The Kier molecular flexibility index (Phi) is 5.30. The maximum atomic E-state index is 12.4. The average molecular weight is 338 g/mol.